The summed E-state index contributed by atoms with van der Waals surface area (Å²) in [5, 5.41) is 2.95. The maximum atomic E-state index is 11.9. The highest BCUT2D eigenvalue weighted by Crippen LogP contribution is 2.31. The Morgan fingerprint density at radius 1 is 1.24 bits per heavy atom. The van der Waals surface area contributed by atoms with Gasteiger partial charge < -0.3 is 5.32 Å². The number of amides is 3. The second kappa shape index (κ2) is 7.05. The normalized spacial score (nSPS) is 29.8. The Morgan fingerprint density at radius 2 is 1.90 bits per heavy atom. The third-order valence-electron chi connectivity index (χ3n) is 4.68. The molecule has 0 aromatic carbocycles. The minimum atomic E-state index is -0.159. The summed E-state index contributed by atoms with van der Waals surface area (Å²) in [4.78, 5) is 37.1. The number of rotatable bonds is 5. The van der Waals surface area contributed by atoms with E-state index in [2.05, 4.69) is 5.32 Å². The smallest absolute Gasteiger partial charge is 0.232 e. The van der Waals surface area contributed by atoms with Crippen molar-refractivity contribution in [1.82, 2.24) is 10.2 Å². The molecule has 21 heavy (non-hydrogen) atoms. The molecule has 0 bridgehead atoms. The van der Waals surface area contributed by atoms with Crippen LogP contribution in [0.15, 0.2) is 0 Å². The monoisotopic (exact) mass is 294 g/mol. The second-order valence-electron chi connectivity index (χ2n) is 6.46. The fraction of sp³-hybridized carbons (Fsp3) is 0.812. The Morgan fingerprint density at radius 3 is 2.43 bits per heavy atom. The Labute approximate surface area is 126 Å². The van der Waals surface area contributed by atoms with E-state index in [4.69, 9.17) is 0 Å². The summed E-state index contributed by atoms with van der Waals surface area (Å²) in [6.45, 7) is 5.15. The number of nitrogens with zero attached hydrogens (tertiary/aromatic N) is 1. The van der Waals surface area contributed by atoms with Crippen molar-refractivity contribution in [1.29, 1.82) is 0 Å². The van der Waals surface area contributed by atoms with Crippen LogP contribution in [0.3, 0.4) is 0 Å². The lowest BCUT2D eigenvalue weighted by atomic mass is 9.81. The lowest BCUT2D eigenvalue weighted by Gasteiger charge is -2.30. The molecule has 1 atom stereocenters. The number of likely N-dealkylation sites (tertiary alicyclic amines) is 1. The van der Waals surface area contributed by atoms with Gasteiger partial charge in [-0.2, -0.15) is 0 Å². The van der Waals surface area contributed by atoms with Crippen LogP contribution in [0.25, 0.3) is 0 Å². The first-order chi connectivity index (χ1) is 10.0. The molecule has 1 N–H and O–H groups in total. The molecule has 0 aromatic rings. The van der Waals surface area contributed by atoms with Crippen LogP contribution in [0, 0.1) is 17.8 Å². The molecule has 2 fully saturated rings. The molecule has 5 heteroatoms. The molecule has 0 radical (unpaired) electrons. The standard InChI is InChI=1S/C16H26N2O3/c1-3-8-17-15(20)13-6-4-12(5-7-13)10-18-14(19)9-11(2)16(18)21/h11-13H,3-10H2,1-2H3,(H,17,20). The van der Waals surface area contributed by atoms with Crippen molar-refractivity contribution in [3.8, 4) is 0 Å². The van der Waals surface area contributed by atoms with Gasteiger partial charge in [0.1, 0.15) is 0 Å². The highest BCUT2D eigenvalue weighted by atomic mass is 16.2. The van der Waals surface area contributed by atoms with Crippen LogP contribution in [0.5, 0.6) is 0 Å². The zero-order chi connectivity index (χ0) is 15.4. The van der Waals surface area contributed by atoms with E-state index < -0.39 is 0 Å². The van der Waals surface area contributed by atoms with Gasteiger partial charge in [-0.25, -0.2) is 0 Å². The van der Waals surface area contributed by atoms with E-state index in [1.165, 1.54) is 4.90 Å². The van der Waals surface area contributed by atoms with E-state index >= 15 is 0 Å². The Kier molecular flexibility index (Phi) is 5.37. The molecule has 3 amide bonds. The summed E-state index contributed by atoms with van der Waals surface area (Å²) in [6, 6.07) is 0. The highest BCUT2D eigenvalue weighted by Gasteiger charge is 2.37. The van der Waals surface area contributed by atoms with Gasteiger partial charge >= 0.3 is 0 Å². The Bertz CT molecular complexity index is 414. The Balaban J connectivity index is 1.78. The lowest BCUT2D eigenvalue weighted by Crippen LogP contribution is -2.38. The van der Waals surface area contributed by atoms with Crippen molar-refractivity contribution in [2.24, 2.45) is 17.8 Å². The van der Waals surface area contributed by atoms with Gasteiger partial charge in [0.05, 0.1) is 0 Å². The van der Waals surface area contributed by atoms with Gasteiger partial charge in [-0.05, 0) is 38.0 Å². The fourth-order valence-electron chi connectivity index (χ4n) is 3.30. The number of nitrogens with one attached hydrogen (secondary N) is 1. The summed E-state index contributed by atoms with van der Waals surface area (Å²) in [6.07, 6.45) is 4.90. The van der Waals surface area contributed by atoms with E-state index in [0.717, 1.165) is 38.6 Å². The van der Waals surface area contributed by atoms with Crippen LogP contribution in [0.1, 0.15) is 52.4 Å². The SMILES string of the molecule is CCCNC(=O)C1CCC(CN2C(=O)CC(C)C2=O)CC1. The van der Waals surface area contributed by atoms with Crippen LogP contribution in [-0.2, 0) is 14.4 Å². The van der Waals surface area contributed by atoms with Gasteiger partial charge in [0, 0.05) is 31.3 Å². The average Bonchev–Trinajstić information content (AvgIpc) is 2.72. The molecule has 118 valence electrons. The van der Waals surface area contributed by atoms with Gasteiger partial charge in [0.15, 0.2) is 0 Å². The number of hydrogen-bond acceptors (Lipinski definition) is 3. The molecular weight excluding hydrogens is 268 g/mol. The summed E-state index contributed by atoms with van der Waals surface area (Å²) in [5.41, 5.74) is 0. The second-order valence-corrected chi connectivity index (χ2v) is 6.46. The number of carbonyl (C=O) groups is 3. The van der Waals surface area contributed by atoms with E-state index in [1.807, 2.05) is 13.8 Å². The lowest BCUT2D eigenvalue weighted by molar-refractivity contribution is -0.140. The van der Waals surface area contributed by atoms with Crippen LogP contribution >= 0.6 is 0 Å². The predicted molar refractivity (Wildman–Crippen MR) is 79.2 cm³/mol. The minimum Gasteiger partial charge on any atom is -0.356 e. The molecule has 1 saturated heterocycles. The molecule has 1 unspecified atom stereocenters. The molecule has 1 saturated carbocycles. The van der Waals surface area contributed by atoms with Gasteiger partial charge in [-0.15, -0.1) is 0 Å². The van der Waals surface area contributed by atoms with Gasteiger partial charge in [-0.3, -0.25) is 19.3 Å². The summed E-state index contributed by atoms with van der Waals surface area (Å²) >= 11 is 0. The minimum absolute atomic E-state index is 0.0252. The third-order valence-corrected chi connectivity index (χ3v) is 4.68. The molecular formula is C16H26N2O3. The van der Waals surface area contributed by atoms with Crippen molar-refractivity contribution in [3.63, 3.8) is 0 Å². The topological polar surface area (TPSA) is 66.5 Å². The first kappa shape index (κ1) is 16.0. The van der Waals surface area contributed by atoms with E-state index in [0.29, 0.717) is 18.9 Å². The van der Waals surface area contributed by atoms with Gasteiger partial charge in [0.25, 0.3) is 0 Å². The molecule has 0 aromatic heterocycles. The number of carbonyl (C=O) groups excluding carboxylic acids is 3. The molecule has 1 aliphatic heterocycles. The first-order valence-corrected chi connectivity index (χ1v) is 8.14. The van der Waals surface area contributed by atoms with E-state index in [9.17, 15) is 14.4 Å². The van der Waals surface area contributed by atoms with Gasteiger partial charge in [0.2, 0.25) is 17.7 Å². The maximum Gasteiger partial charge on any atom is 0.232 e. The molecule has 2 aliphatic rings. The zero-order valence-corrected chi connectivity index (χ0v) is 13.1. The van der Waals surface area contributed by atoms with Crippen molar-refractivity contribution in [2.45, 2.75) is 52.4 Å². The third kappa shape index (κ3) is 3.83. The number of hydrogen-bond donors (Lipinski definition) is 1. The molecule has 1 heterocycles. The van der Waals surface area contributed by atoms with E-state index in [-0.39, 0.29) is 29.6 Å². The maximum absolute atomic E-state index is 11.9. The molecule has 5 nitrogen and oxygen atoms in total. The van der Waals surface area contributed by atoms with Crippen molar-refractivity contribution < 1.29 is 14.4 Å². The largest absolute Gasteiger partial charge is 0.356 e. The number of imide groups is 1. The zero-order valence-electron chi connectivity index (χ0n) is 13.1. The first-order valence-electron chi connectivity index (χ1n) is 8.14. The van der Waals surface area contributed by atoms with Crippen LogP contribution in [0.2, 0.25) is 0 Å². The van der Waals surface area contributed by atoms with E-state index in [1.54, 1.807) is 0 Å². The average molecular weight is 294 g/mol. The molecule has 2 rings (SSSR count). The van der Waals surface area contributed by atoms with Crippen molar-refractivity contribution in [2.75, 3.05) is 13.1 Å². The summed E-state index contributed by atoms with van der Waals surface area (Å²) < 4.78 is 0. The highest BCUT2D eigenvalue weighted by molar-refractivity contribution is 6.03. The predicted octanol–water partition coefficient (Wildman–Crippen LogP) is 1.71. The van der Waals surface area contributed by atoms with Crippen LogP contribution < -0.4 is 5.32 Å². The Hall–Kier alpha value is -1.39. The summed E-state index contributed by atoms with van der Waals surface area (Å²) in [7, 11) is 0. The van der Waals surface area contributed by atoms with Crippen molar-refractivity contribution in [3.05, 3.63) is 0 Å². The van der Waals surface area contributed by atoms with Crippen LogP contribution in [0.4, 0.5) is 0 Å². The van der Waals surface area contributed by atoms with Crippen molar-refractivity contribution >= 4 is 17.7 Å². The summed E-state index contributed by atoms with van der Waals surface area (Å²) in [5.74, 6) is 0.416. The quantitative estimate of drug-likeness (QED) is 0.785. The fourth-order valence-corrected chi connectivity index (χ4v) is 3.30. The molecule has 0 spiro atoms. The van der Waals surface area contributed by atoms with Crippen LogP contribution in [-0.4, -0.2) is 35.7 Å². The molecule has 1 aliphatic carbocycles. The van der Waals surface area contributed by atoms with Gasteiger partial charge in [-0.1, -0.05) is 13.8 Å².